The first-order valence-electron chi connectivity index (χ1n) is 14.0. The van der Waals surface area contributed by atoms with Crippen LogP contribution in [0, 0.1) is 5.92 Å². The number of para-hydroxylation sites is 2. The van der Waals surface area contributed by atoms with E-state index in [0.29, 0.717) is 28.6 Å². The molecule has 12 heteroatoms. The van der Waals surface area contributed by atoms with E-state index in [0.717, 1.165) is 0 Å². The summed E-state index contributed by atoms with van der Waals surface area (Å²) >= 11 is 0. The van der Waals surface area contributed by atoms with E-state index in [9.17, 15) is 19.5 Å². The van der Waals surface area contributed by atoms with Gasteiger partial charge in [-0.15, -0.1) is 0 Å². The zero-order valence-electron chi connectivity index (χ0n) is 24.2. The van der Waals surface area contributed by atoms with Crippen LogP contribution < -0.4 is 30.2 Å². The largest absolute Gasteiger partial charge is 0.485 e. The molecule has 3 atom stereocenters. The van der Waals surface area contributed by atoms with Crippen LogP contribution in [0.2, 0.25) is 0 Å². The third kappa shape index (κ3) is 6.75. The number of rotatable bonds is 7. The molecule has 5 rings (SSSR count). The number of carbonyl (C=O) groups excluding carboxylic acids is 3. The Balaban J connectivity index is 1.39. The summed E-state index contributed by atoms with van der Waals surface area (Å²) in [6, 6.07) is 17.7. The van der Waals surface area contributed by atoms with Gasteiger partial charge in [-0.05, 0) is 43.3 Å². The van der Waals surface area contributed by atoms with Crippen molar-refractivity contribution < 1.29 is 33.7 Å². The first-order valence-corrected chi connectivity index (χ1v) is 14.0. The fraction of sp³-hybridized carbons (Fsp3) is 0.323. The lowest BCUT2D eigenvalue weighted by molar-refractivity contribution is 0.0373. The van der Waals surface area contributed by atoms with Crippen LogP contribution in [0.3, 0.4) is 0 Å². The van der Waals surface area contributed by atoms with E-state index in [2.05, 4.69) is 16.0 Å². The monoisotopic (exact) mass is 589 g/mol. The molecule has 2 aliphatic heterocycles. The minimum absolute atomic E-state index is 0.129. The lowest BCUT2D eigenvalue weighted by atomic mass is 9.99. The van der Waals surface area contributed by atoms with E-state index in [-0.39, 0.29) is 55.7 Å². The van der Waals surface area contributed by atoms with Gasteiger partial charge in [0.2, 0.25) is 6.79 Å². The summed E-state index contributed by atoms with van der Waals surface area (Å²) in [4.78, 5) is 42.9. The molecule has 0 fully saturated rings. The van der Waals surface area contributed by atoms with Crippen molar-refractivity contribution in [2.24, 2.45) is 5.92 Å². The summed E-state index contributed by atoms with van der Waals surface area (Å²) in [5.74, 6) is 0.765. The van der Waals surface area contributed by atoms with Gasteiger partial charge in [0.1, 0.15) is 6.10 Å². The van der Waals surface area contributed by atoms with Gasteiger partial charge < -0.3 is 45.1 Å². The van der Waals surface area contributed by atoms with Gasteiger partial charge in [0, 0.05) is 37.0 Å². The molecule has 3 aromatic carbocycles. The number of likely N-dealkylation sites (N-methyl/N-ethyl adjacent to an activating group) is 1. The maximum absolute atomic E-state index is 13.7. The maximum Gasteiger partial charge on any atom is 0.323 e. The Hall–Kier alpha value is -4.97. The summed E-state index contributed by atoms with van der Waals surface area (Å²) in [6.45, 7) is 4.04. The van der Waals surface area contributed by atoms with Crippen LogP contribution in [-0.2, 0) is 0 Å². The highest BCUT2D eigenvalue weighted by atomic mass is 16.7. The van der Waals surface area contributed by atoms with E-state index in [1.165, 1.54) is 4.90 Å². The Labute approximate surface area is 249 Å². The van der Waals surface area contributed by atoms with Gasteiger partial charge in [0.25, 0.3) is 5.91 Å². The number of nitrogens with zero attached hydrogens (tertiary/aromatic N) is 2. The Morgan fingerprint density at radius 1 is 1.00 bits per heavy atom. The van der Waals surface area contributed by atoms with E-state index < -0.39 is 18.2 Å². The van der Waals surface area contributed by atoms with Crippen LogP contribution in [-0.4, -0.2) is 78.6 Å². The predicted octanol–water partition coefficient (Wildman–Crippen LogP) is 4.44. The van der Waals surface area contributed by atoms with Crippen LogP contribution in [0.1, 0.15) is 24.2 Å². The van der Waals surface area contributed by atoms with Crippen molar-refractivity contribution in [1.82, 2.24) is 9.80 Å². The topological polar surface area (TPSA) is 142 Å². The molecule has 0 aliphatic carbocycles. The molecule has 0 saturated carbocycles. The molecule has 4 N–H and O–H groups in total. The molecule has 43 heavy (non-hydrogen) atoms. The van der Waals surface area contributed by atoms with Crippen molar-refractivity contribution in [3.05, 3.63) is 72.3 Å². The van der Waals surface area contributed by atoms with Gasteiger partial charge in [-0.3, -0.25) is 4.79 Å². The zero-order chi connectivity index (χ0) is 30.5. The zero-order valence-corrected chi connectivity index (χ0v) is 24.2. The fourth-order valence-corrected chi connectivity index (χ4v) is 4.91. The van der Waals surface area contributed by atoms with Crippen molar-refractivity contribution in [3.63, 3.8) is 0 Å². The molecule has 2 heterocycles. The van der Waals surface area contributed by atoms with Crippen molar-refractivity contribution >= 4 is 35.0 Å². The second-order valence-electron chi connectivity index (χ2n) is 10.6. The van der Waals surface area contributed by atoms with Gasteiger partial charge in [-0.1, -0.05) is 31.2 Å². The number of benzene rings is 3. The standard InChI is InChI=1S/C31H35N5O7/c1-19-15-36(20(2)17-37)29(38)23-10-7-11-24(34-30(39)32-21-8-5-4-6-9-21)28(23)43-27(19)16-35(3)31(40)33-22-12-13-25-26(14-22)42-18-41-25/h4-14,19-20,27,37H,15-18H2,1-3H3,(H,33,40)(H2,32,34,39)/t19-,20+,27-/m1/s1. The number of aliphatic hydroxyl groups excluding tert-OH is 1. The summed E-state index contributed by atoms with van der Waals surface area (Å²) in [5, 5.41) is 18.4. The molecule has 3 aromatic rings. The average Bonchev–Trinajstić information content (AvgIpc) is 3.47. The molecule has 226 valence electrons. The van der Waals surface area contributed by atoms with Crippen molar-refractivity contribution in [3.8, 4) is 17.2 Å². The molecule has 5 amide bonds. The van der Waals surface area contributed by atoms with Gasteiger partial charge in [-0.2, -0.15) is 0 Å². The summed E-state index contributed by atoms with van der Waals surface area (Å²) in [6.07, 6.45) is -0.576. The lowest BCUT2D eigenvalue weighted by Crippen LogP contribution is -2.50. The van der Waals surface area contributed by atoms with Crippen LogP contribution in [0.15, 0.2) is 66.7 Å². The Bertz CT molecular complexity index is 1480. The van der Waals surface area contributed by atoms with E-state index in [4.69, 9.17) is 14.2 Å². The van der Waals surface area contributed by atoms with E-state index >= 15 is 0 Å². The van der Waals surface area contributed by atoms with Gasteiger partial charge in [0.15, 0.2) is 17.2 Å². The van der Waals surface area contributed by atoms with E-state index in [1.807, 2.05) is 13.0 Å². The molecule has 12 nitrogen and oxygen atoms in total. The molecule has 2 aliphatic rings. The number of aliphatic hydroxyl groups is 1. The summed E-state index contributed by atoms with van der Waals surface area (Å²) in [7, 11) is 1.65. The Kier molecular flexibility index (Phi) is 8.86. The number of hydrogen-bond donors (Lipinski definition) is 4. The van der Waals surface area contributed by atoms with Gasteiger partial charge in [-0.25, -0.2) is 9.59 Å². The third-order valence-electron chi connectivity index (χ3n) is 7.40. The number of carbonyl (C=O) groups is 3. The van der Waals surface area contributed by atoms with Crippen molar-refractivity contribution in [2.45, 2.75) is 26.0 Å². The molecule has 0 bridgehead atoms. The Morgan fingerprint density at radius 2 is 1.77 bits per heavy atom. The van der Waals surface area contributed by atoms with Gasteiger partial charge >= 0.3 is 12.1 Å². The first kappa shape index (κ1) is 29.5. The van der Waals surface area contributed by atoms with Crippen LogP contribution >= 0.6 is 0 Å². The summed E-state index contributed by atoms with van der Waals surface area (Å²) < 4.78 is 17.2. The summed E-state index contributed by atoms with van der Waals surface area (Å²) in [5.41, 5.74) is 1.67. The number of ether oxygens (including phenoxy) is 3. The Morgan fingerprint density at radius 3 is 2.53 bits per heavy atom. The smallest absolute Gasteiger partial charge is 0.323 e. The quantitative estimate of drug-likeness (QED) is 0.319. The maximum atomic E-state index is 13.7. The fourth-order valence-electron chi connectivity index (χ4n) is 4.91. The normalized spacial score (nSPS) is 18.0. The molecular weight excluding hydrogens is 554 g/mol. The average molecular weight is 590 g/mol. The third-order valence-corrected chi connectivity index (χ3v) is 7.40. The minimum Gasteiger partial charge on any atom is -0.485 e. The molecule has 0 aromatic heterocycles. The highest BCUT2D eigenvalue weighted by molar-refractivity contribution is 6.04. The van der Waals surface area contributed by atoms with E-state index in [1.54, 1.807) is 79.5 Å². The SMILES string of the molecule is C[C@@H]1CN([C@@H](C)CO)C(=O)c2cccc(NC(=O)Nc3ccccc3)c2O[C@@H]1CN(C)C(=O)Nc1ccc2c(c1)OCO2. The van der Waals surface area contributed by atoms with Crippen molar-refractivity contribution in [2.75, 3.05) is 49.5 Å². The predicted molar refractivity (Wildman–Crippen MR) is 161 cm³/mol. The molecular formula is C31H35N5O7. The number of hydrogen-bond acceptors (Lipinski definition) is 7. The second-order valence-corrected chi connectivity index (χ2v) is 10.6. The van der Waals surface area contributed by atoms with Crippen LogP contribution in [0.25, 0.3) is 0 Å². The second kappa shape index (κ2) is 12.9. The number of fused-ring (bicyclic) bond motifs is 2. The molecule has 0 radical (unpaired) electrons. The number of anilines is 3. The van der Waals surface area contributed by atoms with Gasteiger partial charge in [0.05, 0.1) is 30.4 Å². The van der Waals surface area contributed by atoms with Crippen LogP contribution in [0.5, 0.6) is 17.2 Å². The lowest BCUT2D eigenvalue weighted by Gasteiger charge is -2.38. The first-order chi connectivity index (χ1) is 20.7. The molecule has 0 spiro atoms. The van der Waals surface area contributed by atoms with Crippen LogP contribution in [0.4, 0.5) is 26.7 Å². The molecule has 0 unspecified atom stereocenters. The number of nitrogens with one attached hydrogen (secondary N) is 3. The number of urea groups is 2. The molecule has 0 saturated heterocycles. The highest BCUT2D eigenvalue weighted by Crippen LogP contribution is 2.36. The minimum atomic E-state index is -0.576. The number of amides is 5. The van der Waals surface area contributed by atoms with Crippen molar-refractivity contribution in [1.29, 1.82) is 0 Å². The highest BCUT2D eigenvalue weighted by Gasteiger charge is 2.35.